The van der Waals surface area contributed by atoms with E-state index in [2.05, 4.69) is 30.7 Å². The third-order valence-corrected chi connectivity index (χ3v) is 9.53. The van der Waals surface area contributed by atoms with Gasteiger partial charge < -0.3 is 15.8 Å². The molecular weight excluding hydrogens is 555 g/mol. The number of hydrogen-bond donors (Lipinski definition) is 3. The van der Waals surface area contributed by atoms with Gasteiger partial charge in [0.05, 0.1) is 5.41 Å². The fourth-order valence-electron chi connectivity index (χ4n) is 6.44. The van der Waals surface area contributed by atoms with Gasteiger partial charge in [0, 0.05) is 10.0 Å². The molecule has 4 fully saturated rings. The van der Waals surface area contributed by atoms with Crippen LogP contribution in [0.1, 0.15) is 52.4 Å². The minimum Gasteiger partial charge on any atom is -0.404 e. The molecular formula is C22H27BrF3N3O5S. The maximum absolute atomic E-state index is 13.3. The Bertz CT molecular complexity index is 1160. The molecule has 4 bridgehead atoms. The van der Waals surface area contributed by atoms with E-state index < -0.39 is 49.4 Å². The summed E-state index contributed by atoms with van der Waals surface area (Å²) < 4.78 is 71.0. The van der Waals surface area contributed by atoms with E-state index >= 15 is 0 Å². The maximum Gasteiger partial charge on any atom is 0.573 e. The van der Waals surface area contributed by atoms with Gasteiger partial charge in [-0.15, -0.1) is 13.2 Å². The van der Waals surface area contributed by atoms with Crippen LogP contribution < -0.4 is 20.5 Å². The fourth-order valence-corrected chi connectivity index (χ4v) is 8.27. The number of sulfonamides is 1. The normalized spacial score (nSPS) is 30.2. The van der Waals surface area contributed by atoms with Gasteiger partial charge in [-0.1, -0.05) is 15.9 Å². The lowest BCUT2D eigenvalue weighted by atomic mass is 9.46. The lowest BCUT2D eigenvalue weighted by Gasteiger charge is -2.61. The second-order valence-corrected chi connectivity index (χ2v) is 13.3. The van der Waals surface area contributed by atoms with Gasteiger partial charge in [-0.25, -0.2) is 8.42 Å². The van der Waals surface area contributed by atoms with Crippen LogP contribution in [0.15, 0.2) is 27.6 Å². The number of halogens is 4. The molecule has 0 aromatic heterocycles. The Hall–Kier alpha value is -1.86. The number of ether oxygens (including phenoxy) is 1. The summed E-state index contributed by atoms with van der Waals surface area (Å²) >= 11 is 3.00. The molecule has 4 N–H and O–H groups in total. The van der Waals surface area contributed by atoms with E-state index in [9.17, 15) is 31.2 Å². The van der Waals surface area contributed by atoms with Crippen LogP contribution in [0, 0.1) is 17.3 Å². The molecule has 2 atom stereocenters. The highest BCUT2D eigenvalue weighted by atomic mass is 79.9. The Morgan fingerprint density at radius 3 is 2.29 bits per heavy atom. The molecule has 5 rings (SSSR count). The Labute approximate surface area is 209 Å². The molecule has 2 amide bonds. The van der Waals surface area contributed by atoms with E-state index in [1.54, 1.807) is 0 Å². The average molecular weight is 582 g/mol. The Morgan fingerprint density at radius 1 is 1.14 bits per heavy atom. The van der Waals surface area contributed by atoms with Gasteiger partial charge >= 0.3 is 6.36 Å². The zero-order valence-electron chi connectivity index (χ0n) is 19.2. The highest BCUT2D eigenvalue weighted by molar-refractivity contribution is 9.10. The molecule has 194 valence electrons. The smallest absolute Gasteiger partial charge is 0.404 e. The number of nitrogens with one attached hydrogen (secondary N) is 2. The van der Waals surface area contributed by atoms with Crippen molar-refractivity contribution >= 4 is 37.8 Å². The van der Waals surface area contributed by atoms with Crippen molar-refractivity contribution in [1.82, 2.24) is 10.0 Å². The SMILES string of the molecule is CC(C)(NS(=O)(=O)c1ccc(Br)cc1OC(F)(F)F)C(=O)NC12CC3CC(C1)CC(C(N)=O)(C3)C2. The third kappa shape index (κ3) is 5.17. The topological polar surface area (TPSA) is 128 Å². The first-order chi connectivity index (χ1) is 15.9. The van der Waals surface area contributed by atoms with Gasteiger partial charge in [-0.2, -0.15) is 4.72 Å². The van der Waals surface area contributed by atoms with Crippen molar-refractivity contribution in [3.63, 3.8) is 0 Å². The van der Waals surface area contributed by atoms with Crippen LogP contribution in [0.25, 0.3) is 0 Å². The predicted octanol–water partition coefficient (Wildman–Crippen LogP) is 3.35. The van der Waals surface area contributed by atoms with Gasteiger partial charge in [0.1, 0.15) is 10.4 Å². The lowest BCUT2D eigenvalue weighted by molar-refractivity contribution is -0.275. The largest absolute Gasteiger partial charge is 0.573 e. The van der Waals surface area contributed by atoms with Gasteiger partial charge in [-0.05, 0) is 82.4 Å². The minimum absolute atomic E-state index is 0.179. The molecule has 13 heteroatoms. The number of primary amides is 1. The van der Waals surface area contributed by atoms with Crippen LogP contribution in [-0.2, 0) is 19.6 Å². The molecule has 1 aromatic carbocycles. The summed E-state index contributed by atoms with van der Waals surface area (Å²) in [7, 11) is -4.61. The van der Waals surface area contributed by atoms with Crippen LogP contribution in [-0.4, -0.2) is 37.7 Å². The van der Waals surface area contributed by atoms with Gasteiger partial charge in [0.25, 0.3) is 0 Å². The highest BCUT2D eigenvalue weighted by Crippen LogP contribution is 2.61. The standard InChI is InChI=1S/C22H27BrF3N3O5S/c1-19(2,29-35(32,33)16-4-3-14(23)6-15(16)34-22(24,25)26)18(31)28-21-9-12-5-13(10-21)8-20(7-12,11-21)17(27)30/h3-4,6,12-13,29H,5,7-11H2,1-2H3,(H2,27,30)(H,28,31). The fraction of sp³-hybridized carbons (Fsp3) is 0.636. The van der Waals surface area contributed by atoms with Crippen LogP contribution >= 0.6 is 15.9 Å². The minimum atomic E-state index is -5.12. The van der Waals surface area contributed by atoms with E-state index in [4.69, 9.17) is 5.73 Å². The Balaban J connectivity index is 1.56. The summed E-state index contributed by atoms with van der Waals surface area (Å²) in [6.07, 6.45) is -1.03. The molecule has 0 heterocycles. The number of carbonyl (C=O) groups excluding carboxylic acids is 2. The summed E-state index contributed by atoms with van der Waals surface area (Å²) in [5, 5.41) is 2.99. The summed E-state index contributed by atoms with van der Waals surface area (Å²) in [5.74, 6) is -1.46. The number of benzene rings is 1. The van der Waals surface area contributed by atoms with Crippen LogP contribution in [0.2, 0.25) is 0 Å². The number of carbonyl (C=O) groups is 2. The molecule has 4 aliphatic carbocycles. The van der Waals surface area contributed by atoms with E-state index in [0.717, 1.165) is 18.6 Å². The van der Waals surface area contributed by atoms with Crippen molar-refractivity contribution in [1.29, 1.82) is 0 Å². The Kier molecular flexibility index (Phi) is 6.24. The van der Waals surface area contributed by atoms with E-state index in [-0.39, 0.29) is 22.2 Å². The van der Waals surface area contributed by atoms with Gasteiger partial charge in [0.15, 0.2) is 5.75 Å². The first kappa shape index (κ1) is 26.2. The summed E-state index contributed by atoms with van der Waals surface area (Å²) in [4.78, 5) is 24.9. The monoisotopic (exact) mass is 581 g/mol. The molecule has 0 aliphatic heterocycles. The van der Waals surface area contributed by atoms with Crippen molar-refractivity contribution < 1.29 is 35.9 Å². The lowest BCUT2D eigenvalue weighted by Crippen LogP contribution is -2.68. The molecule has 0 radical (unpaired) electrons. The number of amides is 2. The zero-order chi connectivity index (χ0) is 26.0. The number of hydrogen-bond acceptors (Lipinski definition) is 5. The molecule has 2 unspecified atom stereocenters. The van der Waals surface area contributed by atoms with Crippen molar-refractivity contribution in [2.24, 2.45) is 23.0 Å². The van der Waals surface area contributed by atoms with Crippen LogP contribution in [0.4, 0.5) is 13.2 Å². The second kappa shape index (κ2) is 8.34. The molecule has 0 spiro atoms. The number of alkyl halides is 3. The molecule has 35 heavy (non-hydrogen) atoms. The summed E-state index contributed by atoms with van der Waals surface area (Å²) in [6, 6.07) is 3.09. The molecule has 8 nitrogen and oxygen atoms in total. The quantitative estimate of drug-likeness (QED) is 0.455. The van der Waals surface area contributed by atoms with Crippen molar-refractivity contribution in [3.05, 3.63) is 22.7 Å². The van der Waals surface area contributed by atoms with E-state index in [1.165, 1.54) is 19.9 Å². The van der Waals surface area contributed by atoms with Crippen LogP contribution in [0.3, 0.4) is 0 Å². The molecule has 4 aliphatic rings. The third-order valence-electron chi connectivity index (χ3n) is 7.34. The number of nitrogens with two attached hydrogens (primary N) is 1. The van der Waals surface area contributed by atoms with Gasteiger partial charge in [0.2, 0.25) is 21.8 Å². The molecule has 1 aromatic rings. The first-order valence-corrected chi connectivity index (χ1v) is 13.4. The van der Waals surface area contributed by atoms with Crippen molar-refractivity contribution in [2.45, 2.75) is 74.7 Å². The summed E-state index contributed by atoms with van der Waals surface area (Å²) in [6.45, 7) is 2.65. The Morgan fingerprint density at radius 2 is 1.74 bits per heavy atom. The van der Waals surface area contributed by atoms with Crippen molar-refractivity contribution in [2.75, 3.05) is 0 Å². The maximum atomic E-state index is 13.3. The van der Waals surface area contributed by atoms with E-state index in [1.807, 2.05) is 0 Å². The highest BCUT2D eigenvalue weighted by Gasteiger charge is 2.61. The predicted molar refractivity (Wildman–Crippen MR) is 122 cm³/mol. The second-order valence-electron chi connectivity index (χ2n) is 10.7. The molecule has 0 saturated heterocycles. The summed E-state index contributed by atoms with van der Waals surface area (Å²) in [5.41, 5.74) is 2.67. The average Bonchev–Trinajstić information content (AvgIpc) is 2.64. The van der Waals surface area contributed by atoms with Crippen LogP contribution in [0.5, 0.6) is 5.75 Å². The zero-order valence-corrected chi connectivity index (χ0v) is 21.6. The molecule has 4 saturated carbocycles. The van der Waals surface area contributed by atoms with Gasteiger partial charge in [-0.3, -0.25) is 9.59 Å². The first-order valence-electron chi connectivity index (χ1n) is 11.2. The van der Waals surface area contributed by atoms with Crippen molar-refractivity contribution in [3.8, 4) is 5.75 Å². The van der Waals surface area contributed by atoms with E-state index in [0.29, 0.717) is 32.1 Å². The number of rotatable bonds is 7.